The second kappa shape index (κ2) is 3.14. The third-order valence-corrected chi connectivity index (χ3v) is 1.36. The van der Waals surface area contributed by atoms with Gasteiger partial charge in [-0.2, -0.15) is 0 Å². The highest BCUT2D eigenvalue weighted by Gasteiger charge is 2.16. The number of primary amides is 1. The summed E-state index contributed by atoms with van der Waals surface area (Å²) in [5.74, 6) is -0.414. The summed E-state index contributed by atoms with van der Waals surface area (Å²) in [6.45, 7) is 0.597. The molecule has 60 valence electrons. The van der Waals surface area contributed by atoms with Crippen LogP contribution in [-0.4, -0.2) is 42.6 Å². The van der Waals surface area contributed by atoms with Crippen LogP contribution < -0.4 is 5.73 Å². The summed E-state index contributed by atoms with van der Waals surface area (Å²) >= 11 is 0. The summed E-state index contributed by atoms with van der Waals surface area (Å²) in [5, 5.41) is 0. The molecule has 1 unspecified atom stereocenters. The van der Waals surface area contributed by atoms with Crippen molar-refractivity contribution in [1.82, 2.24) is 4.90 Å². The summed E-state index contributed by atoms with van der Waals surface area (Å²) in [7, 11) is 0. The third kappa shape index (κ3) is 2.03. The number of hydrogen-bond acceptors (Lipinski definition) is 4. The number of carbonyl (C=O) groups excluding carboxylic acids is 2. The predicted molar refractivity (Wildman–Crippen MR) is 39.1 cm³/mol. The minimum atomic E-state index is -0.414. The summed E-state index contributed by atoms with van der Waals surface area (Å²) in [6, 6.07) is -0.325. The van der Waals surface area contributed by atoms with E-state index in [0.29, 0.717) is 6.54 Å². The van der Waals surface area contributed by atoms with E-state index in [0.717, 1.165) is 6.29 Å². The maximum atomic E-state index is 10.4. The molecule has 0 bridgehead atoms. The molecule has 5 heteroatoms. The Bertz CT molecular complexity index is 202. The van der Waals surface area contributed by atoms with Gasteiger partial charge in [-0.3, -0.25) is 9.79 Å². The Morgan fingerprint density at radius 1 is 1.91 bits per heavy atom. The molecule has 5 nitrogen and oxygen atoms in total. The highest BCUT2D eigenvalue weighted by Crippen LogP contribution is 1.99. The Hall–Kier alpha value is -1.39. The van der Waals surface area contributed by atoms with Crippen LogP contribution in [0.25, 0.3) is 0 Å². The summed E-state index contributed by atoms with van der Waals surface area (Å²) in [5.41, 5.74) is 4.93. The molecular weight excluding hydrogens is 146 g/mol. The van der Waals surface area contributed by atoms with Crippen LogP contribution in [0.3, 0.4) is 0 Å². The Morgan fingerprint density at radius 3 is 3.09 bits per heavy atom. The minimum absolute atomic E-state index is 0.133. The molecule has 1 aliphatic rings. The second-order valence-corrected chi connectivity index (χ2v) is 2.36. The van der Waals surface area contributed by atoms with Crippen molar-refractivity contribution in [2.75, 3.05) is 13.1 Å². The fraction of sp³-hybridized carbons (Fsp3) is 0.500. The maximum Gasteiger partial charge on any atom is 0.236 e. The summed E-state index contributed by atoms with van der Waals surface area (Å²) in [6.07, 6.45) is 2.22. The zero-order valence-corrected chi connectivity index (χ0v) is 5.93. The first-order valence-corrected chi connectivity index (χ1v) is 3.23. The average Bonchev–Trinajstić information content (AvgIpc) is 2.34. The highest BCUT2D eigenvalue weighted by molar-refractivity contribution is 5.80. The van der Waals surface area contributed by atoms with E-state index in [1.165, 1.54) is 6.34 Å². The van der Waals surface area contributed by atoms with Crippen molar-refractivity contribution in [2.24, 2.45) is 10.7 Å². The Balaban J connectivity index is 2.37. The molecule has 1 amide bonds. The first-order valence-electron chi connectivity index (χ1n) is 3.23. The van der Waals surface area contributed by atoms with Gasteiger partial charge in [0.15, 0.2) is 0 Å². The van der Waals surface area contributed by atoms with Gasteiger partial charge in [-0.1, -0.05) is 0 Å². The van der Waals surface area contributed by atoms with Gasteiger partial charge in [0.1, 0.15) is 12.3 Å². The number of nitrogens with zero attached hydrogens (tertiary/aromatic N) is 2. The van der Waals surface area contributed by atoms with Crippen LogP contribution in [-0.2, 0) is 9.59 Å². The lowest BCUT2D eigenvalue weighted by Gasteiger charge is -2.10. The van der Waals surface area contributed by atoms with Gasteiger partial charge in [-0.05, 0) is 0 Å². The van der Waals surface area contributed by atoms with Gasteiger partial charge in [0, 0.05) is 6.54 Å². The van der Waals surface area contributed by atoms with Crippen LogP contribution in [0, 0.1) is 0 Å². The normalized spacial score (nSPS) is 22.2. The largest absolute Gasteiger partial charge is 0.368 e. The quantitative estimate of drug-likeness (QED) is 0.498. The Morgan fingerprint density at radius 2 is 2.64 bits per heavy atom. The van der Waals surface area contributed by atoms with E-state index in [1.54, 1.807) is 4.90 Å². The van der Waals surface area contributed by atoms with Gasteiger partial charge in [0.25, 0.3) is 0 Å². The smallest absolute Gasteiger partial charge is 0.236 e. The van der Waals surface area contributed by atoms with E-state index in [2.05, 4.69) is 4.99 Å². The van der Waals surface area contributed by atoms with Crippen molar-refractivity contribution in [3.8, 4) is 0 Å². The summed E-state index contributed by atoms with van der Waals surface area (Å²) in [4.78, 5) is 26.0. The number of amides is 1. The maximum absolute atomic E-state index is 10.4. The first kappa shape index (κ1) is 7.71. The van der Waals surface area contributed by atoms with E-state index in [9.17, 15) is 9.59 Å². The van der Waals surface area contributed by atoms with Crippen molar-refractivity contribution < 1.29 is 9.59 Å². The molecular formula is C6H9N3O2. The molecule has 0 fully saturated rings. The van der Waals surface area contributed by atoms with Crippen LogP contribution in [0.5, 0.6) is 0 Å². The second-order valence-electron chi connectivity index (χ2n) is 2.36. The average molecular weight is 155 g/mol. The first-order chi connectivity index (χ1) is 5.22. The van der Waals surface area contributed by atoms with Crippen LogP contribution in [0.2, 0.25) is 0 Å². The van der Waals surface area contributed by atoms with Gasteiger partial charge in [-0.25, -0.2) is 0 Å². The van der Waals surface area contributed by atoms with Crippen molar-refractivity contribution in [1.29, 1.82) is 0 Å². The fourth-order valence-electron chi connectivity index (χ4n) is 0.898. The van der Waals surface area contributed by atoms with Crippen LogP contribution in [0.15, 0.2) is 4.99 Å². The van der Waals surface area contributed by atoms with Gasteiger partial charge < -0.3 is 15.4 Å². The van der Waals surface area contributed by atoms with Crippen molar-refractivity contribution in [3.05, 3.63) is 0 Å². The van der Waals surface area contributed by atoms with Gasteiger partial charge >= 0.3 is 0 Å². The van der Waals surface area contributed by atoms with E-state index in [4.69, 9.17) is 5.73 Å². The lowest BCUT2D eigenvalue weighted by atomic mass is 10.3. The molecule has 0 saturated carbocycles. The predicted octanol–water partition coefficient (Wildman–Crippen LogP) is -1.62. The van der Waals surface area contributed by atoms with Crippen LogP contribution in [0.1, 0.15) is 0 Å². The Kier molecular flexibility index (Phi) is 2.20. The third-order valence-electron chi connectivity index (χ3n) is 1.36. The van der Waals surface area contributed by atoms with Gasteiger partial charge in [0.05, 0.1) is 12.9 Å². The van der Waals surface area contributed by atoms with Crippen LogP contribution >= 0.6 is 0 Å². The molecule has 1 atom stereocenters. The zero-order chi connectivity index (χ0) is 8.27. The molecule has 0 radical (unpaired) electrons. The molecule has 0 aromatic carbocycles. The van der Waals surface area contributed by atoms with Gasteiger partial charge in [0.2, 0.25) is 5.91 Å². The van der Waals surface area contributed by atoms with Crippen LogP contribution in [0.4, 0.5) is 0 Å². The number of nitrogens with two attached hydrogens (primary N) is 1. The summed E-state index contributed by atoms with van der Waals surface area (Å²) < 4.78 is 0. The SMILES string of the molecule is NC(=O)CN1C=NC(C=O)C1. The highest BCUT2D eigenvalue weighted by atomic mass is 16.1. The number of hydrogen-bond donors (Lipinski definition) is 1. The monoisotopic (exact) mass is 155 g/mol. The molecule has 0 aromatic rings. The molecule has 11 heavy (non-hydrogen) atoms. The Labute approximate surface area is 63.9 Å². The number of rotatable bonds is 3. The fourth-order valence-corrected chi connectivity index (χ4v) is 0.898. The number of aldehydes is 1. The molecule has 1 rings (SSSR count). The van der Waals surface area contributed by atoms with Gasteiger partial charge in [-0.15, -0.1) is 0 Å². The van der Waals surface area contributed by atoms with Crippen molar-refractivity contribution >= 4 is 18.5 Å². The topological polar surface area (TPSA) is 75.8 Å². The minimum Gasteiger partial charge on any atom is -0.368 e. The van der Waals surface area contributed by atoms with Crippen molar-refractivity contribution in [3.63, 3.8) is 0 Å². The van der Waals surface area contributed by atoms with E-state index >= 15 is 0 Å². The van der Waals surface area contributed by atoms with Crippen molar-refractivity contribution in [2.45, 2.75) is 6.04 Å². The standard InChI is InChI=1S/C6H9N3O2/c7-6(11)2-9-1-5(3-10)8-4-9/h3-5H,1-2H2,(H2,7,11). The number of carbonyl (C=O) groups is 2. The molecule has 0 aromatic heterocycles. The lowest BCUT2D eigenvalue weighted by Crippen LogP contribution is -2.33. The molecule has 0 aliphatic carbocycles. The molecule has 2 N–H and O–H groups in total. The molecule has 1 heterocycles. The zero-order valence-electron chi connectivity index (χ0n) is 5.93. The molecule has 0 saturated heterocycles. The molecule has 1 aliphatic heterocycles. The molecule has 0 spiro atoms. The lowest BCUT2D eigenvalue weighted by molar-refractivity contribution is -0.118. The van der Waals surface area contributed by atoms with E-state index in [1.807, 2.05) is 0 Å². The number of aliphatic imine (C=N–C) groups is 1. The van der Waals surface area contributed by atoms with E-state index < -0.39 is 5.91 Å². The van der Waals surface area contributed by atoms with E-state index in [-0.39, 0.29) is 12.6 Å².